The smallest absolute Gasteiger partial charge is 0.251 e. The molecule has 0 bridgehead atoms. The largest absolute Gasteiger partial charge is 0.493 e. The zero-order chi connectivity index (χ0) is 17.8. The zero-order valence-electron chi connectivity index (χ0n) is 13.8. The van der Waals surface area contributed by atoms with Crippen LogP contribution in [-0.2, 0) is 6.42 Å². The molecule has 130 valence electrons. The second-order valence-electron chi connectivity index (χ2n) is 5.24. The molecule has 7 nitrogen and oxygen atoms in total. The Labute approximate surface area is 149 Å². The van der Waals surface area contributed by atoms with Crippen molar-refractivity contribution in [2.24, 2.45) is 0 Å². The van der Waals surface area contributed by atoms with Gasteiger partial charge in [-0.1, -0.05) is 17.7 Å². The molecule has 0 fully saturated rings. The molecule has 2 heterocycles. The van der Waals surface area contributed by atoms with E-state index in [1.807, 2.05) is 28.8 Å². The van der Waals surface area contributed by atoms with Crippen molar-refractivity contribution >= 4 is 23.2 Å². The molecule has 3 aromatic rings. The number of aromatic nitrogens is 3. The molecule has 1 N–H and O–H groups in total. The van der Waals surface area contributed by atoms with Gasteiger partial charge < -0.3 is 14.8 Å². The minimum absolute atomic E-state index is 0.253. The van der Waals surface area contributed by atoms with Crippen LogP contribution in [0.5, 0.6) is 11.5 Å². The summed E-state index contributed by atoms with van der Waals surface area (Å²) in [6.45, 7) is 0.417. The van der Waals surface area contributed by atoms with Crippen LogP contribution < -0.4 is 14.8 Å². The number of hydrogen-bond donors (Lipinski definition) is 1. The molecular weight excluding hydrogens is 344 g/mol. The number of nitrogens with one attached hydrogen (secondary N) is 1. The van der Waals surface area contributed by atoms with E-state index in [9.17, 15) is 4.79 Å². The van der Waals surface area contributed by atoms with Gasteiger partial charge in [0.05, 0.1) is 19.2 Å². The van der Waals surface area contributed by atoms with Gasteiger partial charge in [-0.2, -0.15) is 0 Å². The summed E-state index contributed by atoms with van der Waals surface area (Å²) in [5.74, 6) is 1.33. The number of methoxy groups -OCH3 is 2. The number of hydrogen-bond acceptors (Lipinski definition) is 5. The monoisotopic (exact) mass is 360 g/mol. The van der Waals surface area contributed by atoms with Crippen LogP contribution in [0.1, 0.15) is 16.2 Å². The highest BCUT2D eigenvalue weighted by Gasteiger charge is 2.15. The molecule has 0 saturated carbocycles. The highest BCUT2D eigenvalue weighted by Crippen LogP contribution is 2.35. The molecule has 8 heteroatoms. The van der Waals surface area contributed by atoms with Crippen molar-refractivity contribution in [3.8, 4) is 11.5 Å². The predicted molar refractivity (Wildman–Crippen MR) is 93.6 cm³/mol. The van der Waals surface area contributed by atoms with Crippen molar-refractivity contribution in [2.45, 2.75) is 6.42 Å². The maximum absolute atomic E-state index is 12.3. The molecule has 0 radical (unpaired) electrons. The first-order valence-corrected chi connectivity index (χ1v) is 8.00. The minimum atomic E-state index is -0.253. The Morgan fingerprint density at radius 1 is 1.24 bits per heavy atom. The molecule has 25 heavy (non-hydrogen) atoms. The number of benzene rings is 1. The van der Waals surface area contributed by atoms with Gasteiger partial charge in [0.15, 0.2) is 17.1 Å². The van der Waals surface area contributed by atoms with Crippen LogP contribution in [0.2, 0.25) is 5.02 Å². The highest BCUT2D eigenvalue weighted by molar-refractivity contribution is 6.32. The van der Waals surface area contributed by atoms with E-state index < -0.39 is 0 Å². The molecule has 0 aliphatic carbocycles. The van der Waals surface area contributed by atoms with Gasteiger partial charge in [-0.25, -0.2) is 0 Å². The number of carbonyl (C=O) groups excluding carboxylic acids is 1. The molecule has 1 amide bonds. The molecular formula is C17H17ClN4O3. The predicted octanol–water partition coefficient (Wildman–Crippen LogP) is 2.37. The molecule has 3 rings (SSSR count). The lowest BCUT2D eigenvalue weighted by Gasteiger charge is -2.11. The van der Waals surface area contributed by atoms with E-state index >= 15 is 0 Å². The first kappa shape index (κ1) is 17.0. The van der Waals surface area contributed by atoms with E-state index in [0.29, 0.717) is 35.1 Å². The second-order valence-corrected chi connectivity index (χ2v) is 5.65. The Kier molecular flexibility index (Phi) is 5.04. The zero-order valence-corrected chi connectivity index (χ0v) is 14.6. The van der Waals surface area contributed by atoms with E-state index in [0.717, 1.165) is 11.5 Å². The highest BCUT2D eigenvalue weighted by atomic mass is 35.5. The van der Waals surface area contributed by atoms with Gasteiger partial charge in [-0.05, 0) is 24.3 Å². The summed E-state index contributed by atoms with van der Waals surface area (Å²) in [5, 5.41) is 11.4. The third kappa shape index (κ3) is 3.51. The second kappa shape index (κ2) is 7.40. The first-order chi connectivity index (χ1) is 12.1. The summed E-state index contributed by atoms with van der Waals surface area (Å²) < 4.78 is 12.3. The summed E-state index contributed by atoms with van der Waals surface area (Å²) in [6.07, 6.45) is 2.44. The van der Waals surface area contributed by atoms with Gasteiger partial charge in [-0.15, -0.1) is 10.2 Å². The third-order valence-corrected chi connectivity index (χ3v) is 4.00. The topological polar surface area (TPSA) is 77.8 Å². The standard InChI is InChI=1S/C17H17ClN4O3/c1-24-13-10-11(9-12(18)16(13)25-2)17(23)19-7-6-15-21-20-14-5-3-4-8-22(14)15/h3-5,8-10H,6-7H2,1-2H3,(H,19,23). The number of nitrogens with zero attached hydrogens (tertiary/aromatic N) is 3. The van der Waals surface area contributed by atoms with Crippen LogP contribution >= 0.6 is 11.6 Å². The van der Waals surface area contributed by atoms with Crippen molar-refractivity contribution in [1.82, 2.24) is 19.9 Å². The van der Waals surface area contributed by atoms with Crippen LogP contribution in [0, 0.1) is 0 Å². The Morgan fingerprint density at radius 2 is 2.08 bits per heavy atom. The number of fused-ring (bicyclic) bond motifs is 1. The van der Waals surface area contributed by atoms with Crippen molar-refractivity contribution in [2.75, 3.05) is 20.8 Å². The van der Waals surface area contributed by atoms with E-state index in [4.69, 9.17) is 21.1 Å². The molecule has 0 spiro atoms. The van der Waals surface area contributed by atoms with Crippen LogP contribution in [0.4, 0.5) is 0 Å². The lowest BCUT2D eigenvalue weighted by molar-refractivity contribution is 0.0953. The summed E-state index contributed by atoms with van der Waals surface area (Å²) in [5.41, 5.74) is 1.17. The molecule has 0 saturated heterocycles. The normalized spacial score (nSPS) is 10.7. The SMILES string of the molecule is COc1cc(C(=O)NCCc2nnc3ccccn23)cc(Cl)c1OC. The average Bonchev–Trinajstić information content (AvgIpc) is 3.04. The van der Waals surface area contributed by atoms with Crippen molar-refractivity contribution in [3.63, 3.8) is 0 Å². The van der Waals surface area contributed by atoms with Gasteiger partial charge in [0.2, 0.25) is 0 Å². The number of rotatable bonds is 6. The van der Waals surface area contributed by atoms with E-state index in [-0.39, 0.29) is 5.91 Å². The number of pyridine rings is 1. The summed E-state index contributed by atoms with van der Waals surface area (Å²) in [4.78, 5) is 12.3. The number of amides is 1. The Hall–Kier alpha value is -2.80. The third-order valence-electron chi connectivity index (χ3n) is 3.71. The van der Waals surface area contributed by atoms with Crippen LogP contribution in [0.25, 0.3) is 5.65 Å². The Morgan fingerprint density at radius 3 is 2.84 bits per heavy atom. The van der Waals surface area contributed by atoms with Crippen LogP contribution in [0.15, 0.2) is 36.5 Å². The Bertz CT molecular complexity index is 910. The maximum Gasteiger partial charge on any atom is 0.251 e. The maximum atomic E-state index is 12.3. The van der Waals surface area contributed by atoms with Crippen LogP contribution in [0.3, 0.4) is 0 Å². The molecule has 0 unspecified atom stereocenters. The minimum Gasteiger partial charge on any atom is -0.493 e. The van der Waals surface area contributed by atoms with E-state index in [2.05, 4.69) is 15.5 Å². The van der Waals surface area contributed by atoms with Gasteiger partial charge in [0.25, 0.3) is 5.91 Å². The van der Waals surface area contributed by atoms with Gasteiger partial charge in [0, 0.05) is 24.7 Å². The Balaban J connectivity index is 1.67. The summed E-state index contributed by atoms with van der Waals surface area (Å²) in [7, 11) is 2.98. The fourth-order valence-corrected chi connectivity index (χ4v) is 2.79. The van der Waals surface area contributed by atoms with Crippen molar-refractivity contribution < 1.29 is 14.3 Å². The van der Waals surface area contributed by atoms with Crippen molar-refractivity contribution in [1.29, 1.82) is 0 Å². The number of carbonyl (C=O) groups is 1. The molecule has 0 atom stereocenters. The number of halogens is 1. The fourth-order valence-electron chi connectivity index (χ4n) is 2.50. The van der Waals surface area contributed by atoms with Crippen molar-refractivity contribution in [3.05, 3.63) is 52.9 Å². The quantitative estimate of drug-likeness (QED) is 0.730. The molecule has 0 aliphatic rings. The average molecular weight is 361 g/mol. The lowest BCUT2D eigenvalue weighted by atomic mass is 10.2. The van der Waals surface area contributed by atoms with E-state index in [1.54, 1.807) is 12.1 Å². The van der Waals surface area contributed by atoms with E-state index in [1.165, 1.54) is 14.2 Å². The molecule has 1 aromatic carbocycles. The summed E-state index contributed by atoms with van der Waals surface area (Å²) in [6, 6.07) is 8.82. The fraction of sp³-hybridized carbons (Fsp3) is 0.235. The lowest BCUT2D eigenvalue weighted by Crippen LogP contribution is -2.26. The molecule has 0 aliphatic heterocycles. The summed E-state index contributed by atoms with van der Waals surface area (Å²) >= 11 is 6.13. The number of ether oxygens (including phenoxy) is 2. The van der Waals surface area contributed by atoms with Gasteiger partial charge in [0.1, 0.15) is 5.82 Å². The van der Waals surface area contributed by atoms with Gasteiger partial charge >= 0.3 is 0 Å². The van der Waals surface area contributed by atoms with Crippen LogP contribution in [-0.4, -0.2) is 41.3 Å². The van der Waals surface area contributed by atoms with Gasteiger partial charge in [-0.3, -0.25) is 9.20 Å². The first-order valence-electron chi connectivity index (χ1n) is 7.62. The molecule has 2 aromatic heterocycles.